The van der Waals surface area contributed by atoms with Gasteiger partial charge >= 0.3 is 0 Å². The molecule has 2 aromatic rings. The van der Waals surface area contributed by atoms with Crippen LogP contribution in [0.4, 0.5) is 15.9 Å². The highest BCUT2D eigenvalue weighted by Crippen LogP contribution is 2.25. The molecule has 0 saturated carbocycles. The Balaban J connectivity index is 1.18. The van der Waals surface area contributed by atoms with Crippen LogP contribution in [0.3, 0.4) is 0 Å². The van der Waals surface area contributed by atoms with Crippen molar-refractivity contribution in [3.63, 3.8) is 0 Å². The smallest absolute Gasteiger partial charge is 0.225 e. The van der Waals surface area contributed by atoms with Gasteiger partial charge in [0.1, 0.15) is 11.6 Å². The Hall–Kier alpha value is -3.00. The maximum Gasteiger partial charge on any atom is 0.225 e. The van der Waals surface area contributed by atoms with Gasteiger partial charge in [0.25, 0.3) is 0 Å². The van der Waals surface area contributed by atoms with Crippen LogP contribution in [0.15, 0.2) is 30.3 Å². The molecule has 0 radical (unpaired) electrons. The molecule has 4 rings (SSSR count). The molecular weight excluding hydrogens is 411 g/mol. The summed E-state index contributed by atoms with van der Waals surface area (Å²) in [6.07, 6.45) is 3.13. The molecule has 1 aromatic carbocycles. The molecule has 1 fully saturated rings. The number of hydrogen-bond acceptors (Lipinski definition) is 6. The lowest BCUT2D eigenvalue weighted by Crippen LogP contribution is -2.47. The molecular formula is C24H29FN4O3. The Morgan fingerprint density at radius 2 is 1.94 bits per heavy atom. The minimum absolute atomic E-state index is 0.00263. The zero-order valence-corrected chi connectivity index (χ0v) is 18.4. The monoisotopic (exact) mass is 440 g/mol. The molecule has 2 aliphatic rings. The van der Waals surface area contributed by atoms with Crippen LogP contribution in [0.25, 0.3) is 0 Å². The van der Waals surface area contributed by atoms with Crippen LogP contribution in [0.5, 0.6) is 5.88 Å². The van der Waals surface area contributed by atoms with Crippen molar-refractivity contribution < 1.29 is 18.7 Å². The van der Waals surface area contributed by atoms with E-state index in [9.17, 15) is 14.0 Å². The Morgan fingerprint density at radius 3 is 2.72 bits per heavy atom. The third-order valence-corrected chi connectivity index (χ3v) is 6.01. The highest BCUT2D eigenvalue weighted by atomic mass is 19.1. The van der Waals surface area contributed by atoms with E-state index >= 15 is 0 Å². The van der Waals surface area contributed by atoms with E-state index in [1.807, 2.05) is 18.2 Å². The summed E-state index contributed by atoms with van der Waals surface area (Å²) in [5.74, 6) is 0.459. The van der Waals surface area contributed by atoms with Crippen molar-refractivity contribution in [2.75, 3.05) is 49.5 Å². The fourth-order valence-electron chi connectivity index (χ4n) is 4.25. The SMILES string of the molecule is CC(=O)c1c(F)cccc1N1CCN(CCCCOc2ccc3c(n2)NC(=O)CC3)CC1. The van der Waals surface area contributed by atoms with E-state index < -0.39 is 5.82 Å². The fraction of sp³-hybridized carbons (Fsp3) is 0.458. The molecule has 0 atom stereocenters. The lowest BCUT2D eigenvalue weighted by molar-refractivity contribution is -0.116. The number of anilines is 2. The number of carbonyl (C=O) groups is 2. The van der Waals surface area contributed by atoms with Gasteiger partial charge in [-0.15, -0.1) is 0 Å². The Bertz CT molecular complexity index is 989. The van der Waals surface area contributed by atoms with E-state index in [1.54, 1.807) is 6.07 Å². The summed E-state index contributed by atoms with van der Waals surface area (Å²) < 4.78 is 19.9. The van der Waals surface area contributed by atoms with Gasteiger partial charge in [0, 0.05) is 38.7 Å². The van der Waals surface area contributed by atoms with Crippen LogP contribution in [0.2, 0.25) is 0 Å². The second-order valence-electron chi connectivity index (χ2n) is 8.28. The van der Waals surface area contributed by atoms with Gasteiger partial charge in [-0.25, -0.2) is 4.39 Å². The van der Waals surface area contributed by atoms with Gasteiger partial charge in [-0.1, -0.05) is 6.07 Å². The molecule has 2 aliphatic heterocycles. The number of ether oxygens (including phenoxy) is 1. The summed E-state index contributed by atoms with van der Waals surface area (Å²) in [5, 5.41) is 2.79. The number of ketones is 1. The van der Waals surface area contributed by atoms with Crippen LogP contribution in [-0.2, 0) is 11.2 Å². The summed E-state index contributed by atoms with van der Waals surface area (Å²) in [7, 11) is 0. The first-order valence-electron chi connectivity index (χ1n) is 11.2. The molecule has 0 spiro atoms. The van der Waals surface area contributed by atoms with Crippen LogP contribution < -0.4 is 15.0 Å². The van der Waals surface area contributed by atoms with Gasteiger partial charge < -0.3 is 15.0 Å². The molecule has 8 heteroatoms. The second kappa shape index (κ2) is 10.1. The lowest BCUT2D eigenvalue weighted by Gasteiger charge is -2.36. The van der Waals surface area contributed by atoms with E-state index in [-0.39, 0.29) is 17.3 Å². The summed E-state index contributed by atoms with van der Waals surface area (Å²) in [6.45, 7) is 6.24. The van der Waals surface area contributed by atoms with Gasteiger partial charge in [0.15, 0.2) is 5.78 Å². The third kappa shape index (κ3) is 5.24. The van der Waals surface area contributed by atoms with E-state index in [1.165, 1.54) is 13.0 Å². The molecule has 1 saturated heterocycles. The Morgan fingerprint density at radius 1 is 1.12 bits per heavy atom. The average Bonchev–Trinajstić information content (AvgIpc) is 2.78. The van der Waals surface area contributed by atoms with Crippen molar-refractivity contribution in [1.82, 2.24) is 9.88 Å². The second-order valence-corrected chi connectivity index (χ2v) is 8.28. The van der Waals surface area contributed by atoms with Gasteiger partial charge in [-0.2, -0.15) is 4.98 Å². The standard InChI is InChI=1S/C24H29FN4O3/c1-17(30)23-19(25)5-4-6-20(23)29-14-12-28(13-15-29)11-2-3-16-32-22-10-8-18-7-9-21(31)26-24(18)27-22/h4-6,8,10H,2-3,7,9,11-16H2,1H3,(H,26,27,31). The third-order valence-electron chi connectivity index (χ3n) is 6.01. The molecule has 7 nitrogen and oxygen atoms in total. The van der Waals surface area contributed by atoms with E-state index in [4.69, 9.17) is 4.74 Å². The number of amides is 1. The number of unbranched alkanes of at least 4 members (excludes halogenated alkanes) is 1. The number of hydrogen-bond donors (Lipinski definition) is 1. The molecule has 1 aromatic heterocycles. The van der Waals surface area contributed by atoms with Crippen LogP contribution in [0.1, 0.15) is 42.1 Å². The summed E-state index contributed by atoms with van der Waals surface area (Å²) >= 11 is 0. The molecule has 0 bridgehead atoms. The predicted octanol–water partition coefficient (Wildman–Crippen LogP) is 3.29. The zero-order chi connectivity index (χ0) is 22.5. The quantitative estimate of drug-likeness (QED) is 0.502. The van der Waals surface area contributed by atoms with Crippen molar-refractivity contribution in [3.05, 3.63) is 47.3 Å². The first-order chi connectivity index (χ1) is 15.5. The fourth-order valence-corrected chi connectivity index (χ4v) is 4.25. The zero-order valence-electron chi connectivity index (χ0n) is 18.4. The van der Waals surface area contributed by atoms with Gasteiger partial charge in [-0.05, 0) is 56.5 Å². The summed E-state index contributed by atoms with van der Waals surface area (Å²) in [5.41, 5.74) is 1.93. The predicted molar refractivity (Wildman–Crippen MR) is 121 cm³/mol. The number of nitrogens with one attached hydrogen (secondary N) is 1. The van der Waals surface area contributed by atoms with Crippen LogP contribution in [0, 0.1) is 5.82 Å². The molecule has 0 aliphatic carbocycles. The average molecular weight is 441 g/mol. The van der Waals surface area contributed by atoms with Gasteiger partial charge in [0.2, 0.25) is 11.8 Å². The minimum atomic E-state index is -0.451. The number of rotatable bonds is 8. The number of aryl methyl sites for hydroxylation is 1. The Labute approximate surface area is 187 Å². The normalized spacial score (nSPS) is 16.4. The van der Waals surface area contributed by atoms with Crippen molar-refractivity contribution in [3.8, 4) is 5.88 Å². The molecule has 3 heterocycles. The topological polar surface area (TPSA) is 74.8 Å². The molecule has 1 amide bonds. The number of benzene rings is 1. The van der Waals surface area contributed by atoms with Crippen LogP contribution >= 0.6 is 0 Å². The number of aromatic nitrogens is 1. The first kappa shape index (κ1) is 22.2. The number of halogens is 1. The van der Waals surface area contributed by atoms with E-state index in [0.29, 0.717) is 30.4 Å². The number of carbonyl (C=O) groups excluding carboxylic acids is 2. The minimum Gasteiger partial charge on any atom is -0.478 e. The molecule has 1 N–H and O–H groups in total. The molecule has 32 heavy (non-hydrogen) atoms. The number of pyridine rings is 1. The van der Waals surface area contributed by atoms with Crippen molar-refractivity contribution in [2.24, 2.45) is 0 Å². The number of fused-ring (bicyclic) bond motifs is 1. The van der Waals surface area contributed by atoms with Crippen molar-refractivity contribution in [2.45, 2.75) is 32.6 Å². The highest BCUT2D eigenvalue weighted by molar-refractivity contribution is 6.00. The highest BCUT2D eigenvalue weighted by Gasteiger charge is 2.22. The van der Waals surface area contributed by atoms with E-state index in [2.05, 4.69) is 20.1 Å². The number of Topliss-reactive ketones (excluding diaryl/α,β-unsaturated/α-hetero) is 1. The first-order valence-corrected chi connectivity index (χ1v) is 11.2. The largest absolute Gasteiger partial charge is 0.478 e. The molecule has 0 unspecified atom stereocenters. The van der Waals surface area contributed by atoms with Gasteiger partial charge in [-0.3, -0.25) is 14.5 Å². The number of nitrogens with zero attached hydrogens (tertiary/aromatic N) is 3. The van der Waals surface area contributed by atoms with E-state index in [0.717, 1.165) is 57.5 Å². The van der Waals surface area contributed by atoms with Gasteiger partial charge in [0.05, 0.1) is 17.9 Å². The molecule has 170 valence electrons. The summed E-state index contributed by atoms with van der Waals surface area (Å²) in [6, 6.07) is 8.65. The lowest BCUT2D eigenvalue weighted by atomic mass is 10.1. The van der Waals surface area contributed by atoms with Crippen molar-refractivity contribution in [1.29, 1.82) is 0 Å². The maximum atomic E-state index is 14.1. The Kier molecular flexibility index (Phi) is 6.99. The van der Waals surface area contributed by atoms with Crippen LogP contribution in [-0.4, -0.2) is 60.9 Å². The number of piperazine rings is 1. The van der Waals surface area contributed by atoms with Crippen molar-refractivity contribution >= 4 is 23.2 Å². The summed E-state index contributed by atoms with van der Waals surface area (Å²) in [4.78, 5) is 32.3. The maximum absolute atomic E-state index is 14.1.